The predicted molar refractivity (Wildman–Crippen MR) is 64.3 cm³/mol. The summed E-state index contributed by atoms with van der Waals surface area (Å²) in [6.07, 6.45) is 1.54. The van der Waals surface area contributed by atoms with Crippen LogP contribution in [0.2, 0.25) is 0 Å². The minimum absolute atomic E-state index is 0.171. The highest BCUT2D eigenvalue weighted by atomic mass is 32.3. The van der Waals surface area contributed by atoms with E-state index in [0.29, 0.717) is 10.6 Å². The maximum absolute atomic E-state index is 12.2. The van der Waals surface area contributed by atoms with Crippen molar-refractivity contribution in [3.63, 3.8) is 0 Å². The quantitative estimate of drug-likeness (QED) is 0.681. The number of hydrogen-bond acceptors (Lipinski definition) is 6. The zero-order valence-corrected chi connectivity index (χ0v) is 11.3. The van der Waals surface area contributed by atoms with Crippen molar-refractivity contribution in [3.05, 3.63) is 17.5 Å². The predicted octanol–water partition coefficient (Wildman–Crippen LogP) is -1.05. The summed E-state index contributed by atoms with van der Waals surface area (Å²) in [5, 5.41) is 4.74. The maximum Gasteiger partial charge on any atom is 0.418 e. The third-order valence-corrected chi connectivity index (χ3v) is 3.90. The maximum atomic E-state index is 12.2. The highest BCUT2D eigenvalue weighted by Gasteiger charge is 2.51. The Morgan fingerprint density at radius 2 is 2.30 bits per heavy atom. The molecule has 1 aromatic rings. The Balaban J connectivity index is 2.08. The Morgan fingerprint density at radius 1 is 1.60 bits per heavy atom. The fraction of sp³-hybridized carbons (Fsp3) is 0.556. The van der Waals surface area contributed by atoms with Gasteiger partial charge in [0.25, 0.3) is 0 Å². The van der Waals surface area contributed by atoms with Crippen LogP contribution in [0.1, 0.15) is 23.3 Å². The summed E-state index contributed by atoms with van der Waals surface area (Å²) >= 11 is 0. The van der Waals surface area contributed by atoms with Crippen molar-refractivity contribution in [3.8, 4) is 0 Å². The number of hydrogen-bond donors (Lipinski definition) is 2. The lowest BCUT2D eigenvalue weighted by molar-refractivity contribution is -0.0317. The molecule has 110 valence electrons. The second-order valence-corrected chi connectivity index (χ2v) is 5.64. The molecular formula is C9H13N5O5S. The summed E-state index contributed by atoms with van der Waals surface area (Å²) in [6, 6.07) is -1.70. The van der Waals surface area contributed by atoms with Gasteiger partial charge in [-0.05, 0) is 0 Å². The molecule has 0 aromatic carbocycles. The third kappa shape index (κ3) is 1.78. The van der Waals surface area contributed by atoms with Gasteiger partial charge in [-0.2, -0.15) is 18.6 Å². The molecule has 1 fully saturated rings. The van der Waals surface area contributed by atoms with Crippen LogP contribution in [-0.4, -0.2) is 51.8 Å². The highest BCUT2D eigenvalue weighted by Crippen LogP contribution is 2.43. The van der Waals surface area contributed by atoms with Crippen LogP contribution in [0, 0.1) is 0 Å². The van der Waals surface area contributed by atoms with Crippen molar-refractivity contribution in [2.45, 2.75) is 12.1 Å². The number of aryl methyl sites for hydroxylation is 1. The van der Waals surface area contributed by atoms with Crippen molar-refractivity contribution in [1.29, 1.82) is 0 Å². The van der Waals surface area contributed by atoms with Crippen LogP contribution < -0.4 is 5.73 Å². The van der Waals surface area contributed by atoms with Gasteiger partial charge in [-0.1, -0.05) is 0 Å². The van der Waals surface area contributed by atoms with E-state index < -0.39 is 28.5 Å². The summed E-state index contributed by atoms with van der Waals surface area (Å²) in [4.78, 5) is 13.6. The van der Waals surface area contributed by atoms with Gasteiger partial charge in [-0.3, -0.25) is 9.23 Å². The van der Waals surface area contributed by atoms with Gasteiger partial charge in [0.1, 0.15) is 6.04 Å². The van der Waals surface area contributed by atoms with Crippen LogP contribution in [-0.2, 0) is 21.7 Å². The molecule has 10 nitrogen and oxygen atoms in total. The number of carbonyl (C=O) groups excluding carboxylic acids is 1. The smallest absolute Gasteiger partial charge is 0.328 e. The van der Waals surface area contributed by atoms with E-state index in [1.54, 1.807) is 17.9 Å². The molecule has 2 bridgehead atoms. The third-order valence-electron chi connectivity index (χ3n) is 3.55. The summed E-state index contributed by atoms with van der Waals surface area (Å²) in [5.41, 5.74) is 7.10. The van der Waals surface area contributed by atoms with Gasteiger partial charge in [-0.15, -0.1) is 4.28 Å². The molecule has 2 aliphatic heterocycles. The van der Waals surface area contributed by atoms with E-state index in [2.05, 4.69) is 9.38 Å². The number of carbonyl (C=O) groups is 1. The molecule has 0 aliphatic carbocycles. The van der Waals surface area contributed by atoms with E-state index in [9.17, 15) is 13.2 Å². The van der Waals surface area contributed by atoms with Crippen LogP contribution in [0.25, 0.3) is 0 Å². The monoisotopic (exact) mass is 303 g/mol. The van der Waals surface area contributed by atoms with Crippen molar-refractivity contribution in [1.82, 2.24) is 19.7 Å². The number of nitrogens with two attached hydrogens (primary N) is 1. The summed E-state index contributed by atoms with van der Waals surface area (Å²) < 4.78 is 36.5. The Kier molecular flexibility index (Phi) is 2.76. The molecule has 0 radical (unpaired) electrons. The van der Waals surface area contributed by atoms with Gasteiger partial charge in [0, 0.05) is 19.2 Å². The lowest BCUT2D eigenvalue weighted by Crippen LogP contribution is -2.39. The Hall–Kier alpha value is -1.69. The first-order chi connectivity index (χ1) is 9.33. The molecule has 20 heavy (non-hydrogen) atoms. The van der Waals surface area contributed by atoms with Gasteiger partial charge >= 0.3 is 16.4 Å². The minimum atomic E-state index is -4.78. The highest BCUT2D eigenvalue weighted by molar-refractivity contribution is 7.80. The van der Waals surface area contributed by atoms with Crippen LogP contribution >= 0.6 is 0 Å². The molecule has 2 amide bonds. The molecule has 0 saturated carbocycles. The number of nitrogens with zero attached hydrogens (tertiary/aromatic N) is 4. The number of fused-ring (bicyclic) bond motifs is 4. The van der Waals surface area contributed by atoms with Crippen molar-refractivity contribution >= 4 is 16.4 Å². The molecule has 3 rings (SSSR count). The van der Waals surface area contributed by atoms with Crippen molar-refractivity contribution < 1.29 is 22.0 Å². The van der Waals surface area contributed by atoms with E-state index in [-0.39, 0.29) is 13.1 Å². The first kappa shape index (κ1) is 13.3. The summed E-state index contributed by atoms with van der Waals surface area (Å²) in [5.74, 6) is 0. The average Bonchev–Trinajstić information content (AvgIpc) is 2.85. The Morgan fingerprint density at radius 3 is 2.90 bits per heavy atom. The Labute approximate surface area is 114 Å². The lowest BCUT2D eigenvalue weighted by Gasteiger charge is -2.30. The fourth-order valence-electron chi connectivity index (χ4n) is 2.78. The number of hydroxylamine groups is 2. The van der Waals surface area contributed by atoms with Crippen LogP contribution in [0.4, 0.5) is 4.79 Å². The van der Waals surface area contributed by atoms with Gasteiger partial charge in [-0.25, -0.2) is 4.79 Å². The van der Waals surface area contributed by atoms with E-state index in [4.69, 9.17) is 10.3 Å². The molecule has 1 aromatic heterocycles. The minimum Gasteiger partial charge on any atom is -0.328 e. The van der Waals surface area contributed by atoms with Crippen LogP contribution in [0.15, 0.2) is 6.20 Å². The first-order valence-electron chi connectivity index (χ1n) is 5.82. The Bertz CT molecular complexity index is 670. The molecule has 3 N–H and O–H groups in total. The standard InChI is InChI=1S/C9H13N5O5S/c1-12-8-5(3-11-12)7-4-13(6(8)2-10)9(15)14(7)19-20(16,17)18/h3,6-7H,2,4,10H2,1H3,(H,16,17,18)/t6?,7-/m1/s1. The normalized spacial score (nSPS) is 25.2. The first-order valence-corrected chi connectivity index (χ1v) is 7.18. The number of urea groups is 1. The molecule has 2 atom stereocenters. The molecule has 2 aliphatic rings. The van der Waals surface area contributed by atoms with E-state index in [1.807, 2.05) is 0 Å². The summed E-state index contributed by atoms with van der Waals surface area (Å²) in [6.45, 7) is 0.402. The van der Waals surface area contributed by atoms with Gasteiger partial charge in [0.15, 0.2) is 0 Å². The number of aromatic nitrogens is 2. The van der Waals surface area contributed by atoms with Crippen molar-refractivity contribution in [2.24, 2.45) is 12.8 Å². The SMILES string of the molecule is Cn1ncc2c1C(CN)N1C[C@H]2N(OS(=O)(=O)O)C1=O. The van der Waals surface area contributed by atoms with E-state index in [0.717, 1.165) is 5.69 Å². The van der Waals surface area contributed by atoms with Gasteiger partial charge < -0.3 is 10.6 Å². The van der Waals surface area contributed by atoms with E-state index in [1.165, 1.54) is 4.90 Å². The average molecular weight is 303 g/mol. The molecule has 1 unspecified atom stereocenters. The molecule has 11 heteroatoms. The molecular weight excluding hydrogens is 290 g/mol. The summed E-state index contributed by atoms with van der Waals surface area (Å²) in [7, 11) is -3.06. The number of rotatable bonds is 3. The lowest BCUT2D eigenvalue weighted by atomic mass is 9.98. The van der Waals surface area contributed by atoms with Gasteiger partial charge in [0.2, 0.25) is 0 Å². The number of amides is 2. The molecule has 1 saturated heterocycles. The fourth-order valence-corrected chi connectivity index (χ4v) is 3.15. The second-order valence-electron chi connectivity index (χ2n) is 4.64. The second kappa shape index (κ2) is 4.15. The van der Waals surface area contributed by atoms with Crippen LogP contribution in [0.3, 0.4) is 0 Å². The zero-order chi connectivity index (χ0) is 14.7. The largest absolute Gasteiger partial charge is 0.418 e. The van der Waals surface area contributed by atoms with Crippen molar-refractivity contribution in [2.75, 3.05) is 13.1 Å². The molecule has 3 heterocycles. The van der Waals surface area contributed by atoms with Crippen LogP contribution in [0.5, 0.6) is 0 Å². The topological polar surface area (TPSA) is 131 Å². The van der Waals surface area contributed by atoms with E-state index >= 15 is 0 Å². The zero-order valence-electron chi connectivity index (χ0n) is 10.5. The molecule has 0 spiro atoms. The van der Waals surface area contributed by atoms with Gasteiger partial charge in [0.05, 0.1) is 24.5 Å².